The van der Waals surface area contributed by atoms with Gasteiger partial charge in [0.25, 0.3) is 5.56 Å². The molecule has 148 valence electrons. The quantitative estimate of drug-likeness (QED) is 0.599. The molecule has 0 aromatic carbocycles. The molecule has 1 atom stereocenters. The van der Waals surface area contributed by atoms with E-state index < -0.39 is 0 Å². The molecule has 1 aliphatic rings. The van der Waals surface area contributed by atoms with Crippen LogP contribution in [0.5, 0.6) is 0 Å². The Kier molecular flexibility index (Phi) is 5.76. The summed E-state index contributed by atoms with van der Waals surface area (Å²) in [5.41, 5.74) is 0.125. The summed E-state index contributed by atoms with van der Waals surface area (Å²) >= 11 is 0. The molecule has 0 spiro atoms. The Hall–Kier alpha value is -2.46. The molecule has 2 aromatic rings. The van der Waals surface area contributed by atoms with Crippen molar-refractivity contribution in [3.8, 4) is 0 Å². The van der Waals surface area contributed by atoms with Crippen LogP contribution in [-0.2, 0) is 34.9 Å². The number of carbonyl (C=O) groups is 1. The zero-order valence-electron chi connectivity index (χ0n) is 15.9. The number of carbonyl (C=O) groups excluding carboxylic acids is 1. The fourth-order valence-corrected chi connectivity index (χ4v) is 3.42. The maximum atomic E-state index is 12.7. The van der Waals surface area contributed by atoms with Crippen molar-refractivity contribution in [3.63, 3.8) is 0 Å². The third kappa shape index (κ3) is 3.96. The highest BCUT2D eigenvalue weighted by atomic mass is 16.5. The number of ether oxygens (including phenoxy) is 2. The lowest BCUT2D eigenvalue weighted by molar-refractivity contribution is -0.145. The van der Waals surface area contributed by atoms with Gasteiger partial charge in [-0.25, -0.2) is 9.78 Å². The lowest BCUT2D eigenvalue weighted by Crippen LogP contribution is -2.44. The lowest BCUT2D eigenvalue weighted by atomic mass is 10.2. The van der Waals surface area contributed by atoms with Gasteiger partial charge in [-0.3, -0.25) is 23.6 Å². The number of fused-ring (bicyclic) bond motifs is 1. The predicted molar refractivity (Wildman–Crippen MR) is 97.6 cm³/mol. The topological polar surface area (TPSA) is 101 Å². The Bertz CT molecular complexity index is 944. The van der Waals surface area contributed by atoms with Crippen LogP contribution in [0.4, 0.5) is 0 Å². The van der Waals surface area contributed by atoms with E-state index in [1.54, 1.807) is 18.7 Å². The molecule has 0 radical (unpaired) electrons. The number of aromatic nitrogens is 4. The number of nitrogens with zero attached hydrogens (tertiary/aromatic N) is 5. The van der Waals surface area contributed by atoms with E-state index in [1.807, 2.05) is 0 Å². The maximum Gasteiger partial charge on any atom is 0.332 e. The second-order valence-corrected chi connectivity index (χ2v) is 6.75. The average Bonchev–Trinajstić information content (AvgIpc) is 3.05. The van der Waals surface area contributed by atoms with Crippen LogP contribution in [0.25, 0.3) is 11.2 Å². The van der Waals surface area contributed by atoms with E-state index in [9.17, 15) is 14.4 Å². The monoisotopic (exact) mass is 379 g/mol. The average molecular weight is 379 g/mol. The highest BCUT2D eigenvalue weighted by Gasteiger charge is 2.23. The first-order valence-corrected chi connectivity index (χ1v) is 8.94. The molecule has 1 unspecified atom stereocenters. The van der Waals surface area contributed by atoms with Crippen molar-refractivity contribution in [2.75, 3.05) is 33.4 Å². The third-order valence-electron chi connectivity index (χ3n) is 4.90. The van der Waals surface area contributed by atoms with Gasteiger partial charge in [-0.2, -0.15) is 0 Å². The van der Waals surface area contributed by atoms with E-state index in [0.29, 0.717) is 43.8 Å². The number of methoxy groups -OCH3 is 1. The van der Waals surface area contributed by atoms with Gasteiger partial charge in [-0.15, -0.1) is 0 Å². The molecule has 1 aliphatic heterocycles. The first-order chi connectivity index (χ1) is 12.9. The molecule has 0 saturated carbocycles. The van der Waals surface area contributed by atoms with Crippen LogP contribution in [0.2, 0.25) is 0 Å². The molecule has 3 heterocycles. The Morgan fingerprint density at radius 2 is 2.11 bits per heavy atom. The second-order valence-electron chi connectivity index (χ2n) is 6.75. The molecule has 3 rings (SSSR count). The van der Waals surface area contributed by atoms with Gasteiger partial charge in [0.05, 0.1) is 32.6 Å². The van der Waals surface area contributed by atoms with E-state index in [0.717, 1.165) is 6.54 Å². The highest BCUT2D eigenvalue weighted by Crippen LogP contribution is 2.10. The SMILES string of the molecule is COC(=O)CC1CN(CCCn2c(=O)c3c(ncn3C)n(C)c2=O)CCO1. The third-order valence-corrected chi connectivity index (χ3v) is 4.90. The summed E-state index contributed by atoms with van der Waals surface area (Å²) in [6.45, 7) is 2.96. The van der Waals surface area contributed by atoms with Crippen LogP contribution >= 0.6 is 0 Å². The van der Waals surface area contributed by atoms with Crippen LogP contribution in [0.1, 0.15) is 12.8 Å². The summed E-state index contributed by atoms with van der Waals surface area (Å²) in [6.07, 6.45) is 2.21. The van der Waals surface area contributed by atoms with Crippen LogP contribution < -0.4 is 11.2 Å². The molecular formula is C17H25N5O5. The molecule has 2 aromatic heterocycles. The van der Waals surface area contributed by atoms with Crippen molar-refractivity contribution in [3.05, 3.63) is 27.2 Å². The van der Waals surface area contributed by atoms with Gasteiger partial charge in [0.15, 0.2) is 11.2 Å². The number of hydrogen-bond donors (Lipinski definition) is 0. The van der Waals surface area contributed by atoms with Crippen LogP contribution in [0.3, 0.4) is 0 Å². The first kappa shape index (κ1) is 19.3. The predicted octanol–water partition coefficient (Wildman–Crippen LogP) is -0.912. The van der Waals surface area contributed by atoms with Crippen LogP contribution in [0.15, 0.2) is 15.9 Å². The minimum atomic E-state index is -0.364. The van der Waals surface area contributed by atoms with Crippen molar-refractivity contribution in [1.82, 2.24) is 23.6 Å². The molecule has 1 saturated heterocycles. The minimum Gasteiger partial charge on any atom is -0.469 e. The van der Waals surface area contributed by atoms with Crippen molar-refractivity contribution >= 4 is 17.1 Å². The molecule has 0 bridgehead atoms. The smallest absolute Gasteiger partial charge is 0.332 e. The summed E-state index contributed by atoms with van der Waals surface area (Å²) < 4.78 is 14.6. The van der Waals surface area contributed by atoms with Gasteiger partial charge < -0.3 is 14.0 Å². The summed E-state index contributed by atoms with van der Waals surface area (Å²) in [6, 6.07) is 0. The number of morpholine rings is 1. The van der Waals surface area contributed by atoms with Gasteiger partial charge >= 0.3 is 11.7 Å². The van der Waals surface area contributed by atoms with E-state index in [2.05, 4.69) is 14.6 Å². The summed E-state index contributed by atoms with van der Waals surface area (Å²) in [7, 11) is 4.72. The van der Waals surface area contributed by atoms with Gasteiger partial charge in [0, 0.05) is 40.3 Å². The van der Waals surface area contributed by atoms with E-state index in [4.69, 9.17) is 4.74 Å². The van der Waals surface area contributed by atoms with Gasteiger partial charge in [0.1, 0.15) is 0 Å². The molecular weight excluding hydrogens is 354 g/mol. The zero-order chi connectivity index (χ0) is 19.6. The molecule has 0 N–H and O–H groups in total. The maximum absolute atomic E-state index is 12.7. The Morgan fingerprint density at radius 1 is 1.33 bits per heavy atom. The van der Waals surface area contributed by atoms with Crippen molar-refractivity contribution in [2.24, 2.45) is 14.1 Å². The Morgan fingerprint density at radius 3 is 2.85 bits per heavy atom. The van der Waals surface area contributed by atoms with E-state index in [-0.39, 0.29) is 29.7 Å². The zero-order valence-corrected chi connectivity index (χ0v) is 15.9. The normalized spacial score (nSPS) is 18.1. The van der Waals surface area contributed by atoms with Gasteiger partial charge in [-0.1, -0.05) is 0 Å². The molecule has 27 heavy (non-hydrogen) atoms. The molecule has 10 nitrogen and oxygen atoms in total. The lowest BCUT2D eigenvalue weighted by Gasteiger charge is -2.32. The molecule has 1 fully saturated rings. The van der Waals surface area contributed by atoms with Gasteiger partial charge in [0.2, 0.25) is 0 Å². The summed E-state index contributed by atoms with van der Waals surface area (Å²) in [5, 5.41) is 0. The largest absolute Gasteiger partial charge is 0.469 e. The van der Waals surface area contributed by atoms with Crippen LogP contribution in [0, 0.1) is 0 Å². The van der Waals surface area contributed by atoms with Crippen LogP contribution in [-0.4, -0.2) is 69.0 Å². The summed E-state index contributed by atoms with van der Waals surface area (Å²) in [5.74, 6) is -0.290. The minimum absolute atomic E-state index is 0.187. The number of esters is 1. The number of aryl methyl sites for hydroxylation is 2. The van der Waals surface area contributed by atoms with Crippen molar-refractivity contribution in [2.45, 2.75) is 25.5 Å². The number of rotatable bonds is 6. The fourth-order valence-electron chi connectivity index (χ4n) is 3.42. The fraction of sp³-hybridized carbons (Fsp3) is 0.647. The molecule has 0 aliphatic carbocycles. The van der Waals surface area contributed by atoms with Crippen molar-refractivity contribution in [1.29, 1.82) is 0 Å². The van der Waals surface area contributed by atoms with E-state index in [1.165, 1.54) is 22.6 Å². The number of hydrogen-bond acceptors (Lipinski definition) is 7. The van der Waals surface area contributed by atoms with Gasteiger partial charge in [-0.05, 0) is 6.42 Å². The first-order valence-electron chi connectivity index (χ1n) is 8.94. The number of imidazole rings is 1. The second kappa shape index (κ2) is 8.05. The summed E-state index contributed by atoms with van der Waals surface area (Å²) in [4.78, 5) is 42.9. The standard InChI is InChI=1S/C17H25N5O5/c1-19-11-18-15-14(19)16(24)22(17(25)20(15)2)6-4-5-21-7-8-27-12(10-21)9-13(23)26-3/h11-12H,4-10H2,1-3H3. The molecule has 10 heteroatoms. The van der Waals surface area contributed by atoms with Crippen molar-refractivity contribution < 1.29 is 14.3 Å². The highest BCUT2D eigenvalue weighted by molar-refractivity contribution is 5.70. The Balaban J connectivity index is 1.66. The van der Waals surface area contributed by atoms with E-state index >= 15 is 0 Å². The molecule has 0 amide bonds. The Labute approximate surface area is 155 Å².